The molecule has 1 heterocycles. The van der Waals surface area contributed by atoms with Gasteiger partial charge in [-0.25, -0.2) is 18.6 Å². The number of alkyl halides is 2. The Bertz CT molecular complexity index is 1690. The summed E-state index contributed by atoms with van der Waals surface area (Å²) in [6.07, 6.45) is 2.55. The predicted octanol–water partition coefficient (Wildman–Crippen LogP) is 5.28. The maximum atomic E-state index is 13.8. The van der Waals surface area contributed by atoms with Crippen molar-refractivity contribution in [3.8, 4) is 35.3 Å². The zero-order valence-corrected chi connectivity index (χ0v) is 19.7. The van der Waals surface area contributed by atoms with Crippen molar-refractivity contribution < 1.29 is 23.4 Å². The summed E-state index contributed by atoms with van der Waals surface area (Å²) in [4.78, 5) is 28.6. The van der Waals surface area contributed by atoms with Gasteiger partial charge in [0.25, 0.3) is 12.0 Å². The van der Waals surface area contributed by atoms with Gasteiger partial charge in [-0.1, -0.05) is 35.7 Å². The number of benzene rings is 3. The van der Waals surface area contributed by atoms with Crippen molar-refractivity contribution >= 4 is 28.5 Å². The molecule has 0 unspecified atom stereocenters. The second-order valence-electron chi connectivity index (χ2n) is 7.71. The Morgan fingerprint density at radius 3 is 2.62 bits per heavy atom. The van der Waals surface area contributed by atoms with E-state index in [9.17, 15) is 28.7 Å². The van der Waals surface area contributed by atoms with Gasteiger partial charge in [-0.05, 0) is 36.4 Å². The molecule has 1 N–H and O–H groups in total. The zero-order valence-electron chi connectivity index (χ0n) is 18.9. The zero-order chi connectivity index (χ0) is 26.7. The van der Waals surface area contributed by atoms with Gasteiger partial charge in [0.2, 0.25) is 0 Å². The number of hydrogen-bond donors (Lipinski definition) is 1. The molecule has 0 saturated heterocycles. The molecule has 10 heteroatoms. The van der Waals surface area contributed by atoms with Crippen LogP contribution < -0.4 is 10.3 Å². The van der Waals surface area contributed by atoms with Gasteiger partial charge in [0.05, 0.1) is 28.6 Å². The Kier molecular flexibility index (Phi) is 7.19. The summed E-state index contributed by atoms with van der Waals surface area (Å²) in [6.45, 7) is -0.541. The fraction of sp³-hybridized carbons (Fsp3) is 0.111. The number of aromatic carboxylic acids is 1. The number of nitriles is 1. The molecule has 3 aromatic carbocycles. The second kappa shape index (κ2) is 10.5. The molecule has 0 bridgehead atoms. The summed E-state index contributed by atoms with van der Waals surface area (Å²) in [5.74, 6) is 0.660. The molecule has 37 heavy (non-hydrogen) atoms. The smallest absolute Gasteiger partial charge is 0.336 e. The lowest BCUT2D eigenvalue weighted by Gasteiger charge is -2.17. The maximum absolute atomic E-state index is 13.8. The van der Waals surface area contributed by atoms with E-state index in [1.54, 1.807) is 6.07 Å². The average molecular weight is 520 g/mol. The van der Waals surface area contributed by atoms with E-state index in [1.165, 1.54) is 48.5 Å². The minimum atomic E-state index is -3.05. The van der Waals surface area contributed by atoms with Gasteiger partial charge < -0.3 is 9.84 Å². The van der Waals surface area contributed by atoms with Crippen molar-refractivity contribution in [2.45, 2.75) is 13.0 Å². The summed E-state index contributed by atoms with van der Waals surface area (Å²) < 4.78 is 34.2. The van der Waals surface area contributed by atoms with Gasteiger partial charge in [0.1, 0.15) is 18.4 Å². The normalized spacial score (nSPS) is 10.8. The highest BCUT2D eigenvalue weighted by Gasteiger charge is 2.21. The first-order valence-electron chi connectivity index (χ1n) is 10.7. The van der Waals surface area contributed by atoms with Crippen LogP contribution in [0.5, 0.6) is 5.75 Å². The van der Waals surface area contributed by atoms with E-state index in [-0.39, 0.29) is 46.5 Å². The minimum Gasteiger partial charge on any atom is -0.491 e. The van der Waals surface area contributed by atoms with E-state index in [4.69, 9.17) is 22.8 Å². The molecule has 0 fully saturated rings. The topological polar surface area (TPSA) is 105 Å². The average Bonchev–Trinajstić information content (AvgIpc) is 2.89. The first-order chi connectivity index (χ1) is 17.8. The molecule has 184 valence electrons. The number of fused-ring (bicyclic) bond motifs is 1. The third kappa shape index (κ3) is 4.86. The number of carboxylic acids is 1. The fourth-order valence-electron chi connectivity index (χ4n) is 3.95. The number of carbonyl (C=O) groups is 1. The highest BCUT2D eigenvalue weighted by molar-refractivity contribution is 6.31. The number of hydrogen-bond acceptors (Lipinski definition) is 5. The summed E-state index contributed by atoms with van der Waals surface area (Å²) in [7, 11) is 0. The Labute approximate surface area is 214 Å². The molecule has 0 atom stereocenters. The molecule has 0 spiro atoms. The van der Waals surface area contributed by atoms with Gasteiger partial charge in [-0.2, -0.15) is 5.26 Å². The molecule has 0 aliphatic carbocycles. The van der Waals surface area contributed by atoms with Crippen molar-refractivity contribution in [1.82, 2.24) is 9.55 Å². The standard InChI is InChI=1S/C27H16ClF2N3O4/c1-2-17-18(6-4-7-19(17)27(35)36)20-13-16(28)9-10-22(20)37-12-11-33-25(24(29)30)32-21-8-3-5-15(14-31)23(21)26(33)34/h1,3-10,13,24H,11-12H2,(H,35,36). The Morgan fingerprint density at radius 2 is 1.95 bits per heavy atom. The van der Waals surface area contributed by atoms with Crippen LogP contribution in [0.15, 0.2) is 59.4 Å². The summed E-state index contributed by atoms with van der Waals surface area (Å²) in [5, 5.41) is 19.1. The lowest BCUT2D eigenvalue weighted by Crippen LogP contribution is -2.28. The van der Waals surface area contributed by atoms with Gasteiger partial charge in [0.15, 0.2) is 5.82 Å². The van der Waals surface area contributed by atoms with Gasteiger partial charge in [-0.3, -0.25) is 9.36 Å². The molecule has 4 rings (SSSR count). The number of nitrogens with zero attached hydrogens (tertiary/aromatic N) is 3. The maximum Gasteiger partial charge on any atom is 0.336 e. The Hall–Kier alpha value is -4.73. The first-order valence-corrected chi connectivity index (χ1v) is 11.1. The van der Waals surface area contributed by atoms with Crippen LogP contribution in [0.25, 0.3) is 22.0 Å². The number of ether oxygens (including phenoxy) is 1. The van der Waals surface area contributed by atoms with Crippen molar-refractivity contribution in [2.24, 2.45) is 0 Å². The molecular formula is C27H16ClF2N3O4. The Morgan fingerprint density at radius 1 is 1.19 bits per heavy atom. The van der Waals surface area contributed by atoms with Crippen molar-refractivity contribution in [2.75, 3.05) is 6.61 Å². The van der Waals surface area contributed by atoms with E-state index in [0.29, 0.717) is 16.1 Å². The number of aromatic nitrogens is 2. The highest BCUT2D eigenvalue weighted by Crippen LogP contribution is 2.36. The fourth-order valence-corrected chi connectivity index (χ4v) is 4.12. The largest absolute Gasteiger partial charge is 0.491 e. The molecule has 0 aliphatic rings. The summed E-state index contributed by atoms with van der Waals surface area (Å²) in [5.41, 5.74) is 0.00353. The van der Waals surface area contributed by atoms with Gasteiger partial charge in [-0.15, -0.1) is 6.42 Å². The van der Waals surface area contributed by atoms with Gasteiger partial charge >= 0.3 is 5.97 Å². The van der Waals surface area contributed by atoms with Crippen LogP contribution in [0.2, 0.25) is 5.02 Å². The number of rotatable bonds is 7. The lowest BCUT2D eigenvalue weighted by atomic mass is 9.95. The molecule has 7 nitrogen and oxygen atoms in total. The highest BCUT2D eigenvalue weighted by atomic mass is 35.5. The van der Waals surface area contributed by atoms with Crippen LogP contribution in [0.3, 0.4) is 0 Å². The molecule has 0 amide bonds. The van der Waals surface area contributed by atoms with Crippen molar-refractivity contribution in [1.29, 1.82) is 5.26 Å². The third-order valence-electron chi connectivity index (χ3n) is 5.57. The van der Waals surface area contributed by atoms with Crippen LogP contribution >= 0.6 is 11.6 Å². The SMILES string of the molecule is C#Cc1c(C(=O)O)cccc1-c1cc(Cl)ccc1OCCn1c(C(F)F)nc2cccc(C#N)c2c1=O. The van der Waals surface area contributed by atoms with E-state index in [2.05, 4.69) is 10.9 Å². The third-order valence-corrected chi connectivity index (χ3v) is 5.81. The van der Waals surface area contributed by atoms with Crippen LogP contribution in [0.4, 0.5) is 8.78 Å². The summed E-state index contributed by atoms with van der Waals surface area (Å²) in [6, 6.07) is 15.2. The van der Waals surface area contributed by atoms with Crippen molar-refractivity contribution in [3.05, 3.63) is 92.5 Å². The van der Waals surface area contributed by atoms with E-state index >= 15 is 0 Å². The Balaban J connectivity index is 1.73. The molecular weight excluding hydrogens is 504 g/mol. The summed E-state index contributed by atoms with van der Waals surface area (Å²) >= 11 is 6.17. The second-order valence-corrected chi connectivity index (χ2v) is 8.14. The lowest BCUT2D eigenvalue weighted by molar-refractivity contribution is 0.0696. The molecule has 0 saturated carbocycles. The van der Waals surface area contributed by atoms with E-state index in [1.807, 2.05) is 6.07 Å². The monoisotopic (exact) mass is 519 g/mol. The first kappa shape index (κ1) is 25.4. The van der Waals surface area contributed by atoms with Crippen LogP contribution in [-0.4, -0.2) is 27.2 Å². The number of terminal acetylenes is 1. The van der Waals surface area contributed by atoms with Crippen LogP contribution in [0, 0.1) is 23.7 Å². The predicted molar refractivity (Wildman–Crippen MR) is 133 cm³/mol. The van der Waals surface area contributed by atoms with Crippen LogP contribution in [0.1, 0.15) is 33.7 Å². The van der Waals surface area contributed by atoms with E-state index < -0.39 is 23.8 Å². The molecule has 0 radical (unpaired) electrons. The van der Waals surface area contributed by atoms with Crippen molar-refractivity contribution in [3.63, 3.8) is 0 Å². The molecule has 1 aromatic heterocycles. The minimum absolute atomic E-state index is 0.00312. The van der Waals surface area contributed by atoms with Crippen LogP contribution in [-0.2, 0) is 6.54 Å². The molecule has 0 aliphatic heterocycles. The molecule has 4 aromatic rings. The number of halogens is 3. The quantitative estimate of drug-likeness (QED) is 0.333. The number of carboxylic acid groups (broad SMARTS) is 1. The van der Waals surface area contributed by atoms with E-state index in [0.717, 1.165) is 4.57 Å². The van der Waals surface area contributed by atoms with Gasteiger partial charge in [0, 0.05) is 21.7 Å².